The number of hydrogen-bond donors (Lipinski definition) is 0. The molecule has 0 saturated carbocycles. The summed E-state index contributed by atoms with van der Waals surface area (Å²) in [6.45, 7) is 1.06. The zero-order valence-electron chi connectivity index (χ0n) is 17.0. The molecule has 0 atom stereocenters. The van der Waals surface area contributed by atoms with Gasteiger partial charge in [0, 0.05) is 6.07 Å². The number of aryl methyl sites for hydroxylation is 1. The Bertz CT molecular complexity index is 1020. The molecule has 5 nitrogen and oxygen atoms in total. The first-order valence-corrected chi connectivity index (χ1v) is 11.6. The van der Waals surface area contributed by atoms with Gasteiger partial charge in [0.05, 0.1) is 12.9 Å². The van der Waals surface area contributed by atoms with Crippen LogP contribution in [0.3, 0.4) is 0 Å². The number of benzene rings is 3. The third-order valence-electron chi connectivity index (χ3n) is 4.41. The van der Waals surface area contributed by atoms with Crippen molar-refractivity contribution < 1.29 is 22.1 Å². The molecule has 0 amide bonds. The molecule has 158 valence electrons. The highest BCUT2D eigenvalue weighted by Crippen LogP contribution is 2.27. The van der Waals surface area contributed by atoms with Crippen LogP contribution < -0.4 is 9.47 Å². The Balaban J connectivity index is 1.67. The molecular weight excluding hydrogens is 400 g/mol. The van der Waals surface area contributed by atoms with Gasteiger partial charge in [-0.3, -0.25) is 4.18 Å². The number of ether oxygens (including phenoxy) is 2. The van der Waals surface area contributed by atoms with Crippen molar-refractivity contribution >= 4 is 10.1 Å². The second kappa shape index (κ2) is 10.8. The molecule has 0 aromatic heterocycles. The van der Waals surface area contributed by atoms with Gasteiger partial charge in [0.2, 0.25) is 0 Å². The average molecular weight is 427 g/mol. The third-order valence-corrected chi connectivity index (χ3v) is 5.01. The van der Waals surface area contributed by atoms with E-state index in [4.69, 9.17) is 13.7 Å². The maximum Gasteiger partial charge on any atom is 0.264 e. The van der Waals surface area contributed by atoms with E-state index in [-0.39, 0.29) is 6.61 Å². The molecular formula is C24H26O5S. The molecule has 0 fully saturated rings. The lowest BCUT2D eigenvalue weighted by Gasteiger charge is -2.14. The first-order valence-electron chi connectivity index (χ1n) is 9.80. The van der Waals surface area contributed by atoms with E-state index in [0.29, 0.717) is 26.1 Å². The third kappa shape index (κ3) is 7.54. The highest BCUT2D eigenvalue weighted by Gasteiger charge is 2.09. The summed E-state index contributed by atoms with van der Waals surface area (Å²) in [5.74, 6) is 1.45. The molecule has 0 aliphatic rings. The molecule has 3 aromatic rings. The van der Waals surface area contributed by atoms with Gasteiger partial charge in [-0.25, -0.2) is 0 Å². The van der Waals surface area contributed by atoms with E-state index in [1.807, 2.05) is 78.9 Å². The van der Waals surface area contributed by atoms with Gasteiger partial charge in [-0.05, 0) is 35.6 Å². The summed E-state index contributed by atoms with van der Waals surface area (Å²) >= 11 is 0. The van der Waals surface area contributed by atoms with Crippen molar-refractivity contribution in [1.82, 2.24) is 0 Å². The Labute approximate surface area is 178 Å². The second-order valence-corrected chi connectivity index (χ2v) is 8.59. The fourth-order valence-electron chi connectivity index (χ4n) is 2.91. The molecule has 3 rings (SSSR count). The van der Waals surface area contributed by atoms with Crippen LogP contribution in [0.25, 0.3) is 0 Å². The van der Waals surface area contributed by atoms with Crippen LogP contribution in [0.2, 0.25) is 0 Å². The smallest absolute Gasteiger partial charge is 0.264 e. The summed E-state index contributed by atoms with van der Waals surface area (Å²) in [7, 11) is -3.43. The van der Waals surface area contributed by atoms with Crippen LogP contribution in [0.4, 0.5) is 0 Å². The largest absolute Gasteiger partial charge is 0.489 e. The molecule has 0 saturated heterocycles. The topological polar surface area (TPSA) is 61.8 Å². The zero-order valence-corrected chi connectivity index (χ0v) is 17.8. The van der Waals surface area contributed by atoms with Crippen molar-refractivity contribution in [2.45, 2.75) is 26.1 Å². The lowest BCUT2D eigenvalue weighted by atomic mass is 10.1. The summed E-state index contributed by atoms with van der Waals surface area (Å²) in [6.07, 6.45) is 2.26. The Morgan fingerprint density at radius 2 is 1.37 bits per heavy atom. The van der Waals surface area contributed by atoms with Gasteiger partial charge >= 0.3 is 0 Å². The van der Waals surface area contributed by atoms with E-state index in [9.17, 15) is 8.42 Å². The van der Waals surface area contributed by atoms with E-state index in [2.05, 4.69) is 0 Å². The van der Waals surface area contributed by atoms with E-state index in [1.54, 1.807) is 0 Å². The quantitative estimate of drug-likeness (QED) is 0.327. The molecule has 6 heteroatoms. The van der Waals surface area contributed by atoms with Gasteiger partial charge in [0.25, 0.3) is 10.1 Å². The molecule has 0 aliphatic heterocycles. The van der Waals surface area contributed by atoms with E-state index < -0.39 is 10.1 Å². The first-order chi connectivity index (χ1) is 14.5. The van der Waals surface area contributed by atoms with Gasteiger partial charge in [-0.2, -0.15) is 8.42 Å². The molecule has 0 radical (unpaired) electrons. The lowest BCUT2D eigenvalue weighted by Crippen LogP contribution is -2.06. The van der Waals surface area contributed by atoms with Gasteiger partial charge < -0.3 is 9.47 Å². The SMILES string of the molecule is CS(=O)(=O)OCCCc1ccc(OCc2ccccc2)cc1OCc1ccccc1. The molecule has 0 aliphatic carbocycles. The highest BCUT2D eigenvalue weighted by molar-refractivity contribution is 7.85. The first kappa shape index (κ1) is 21.9. The monoisotopic (exact) mass is 426 g/mol. The zero-order chi connectivity index (χ0) is 21.2. The standard InChI is InChI=1S/C24H26O5S/c1-30(25,26)29-16-8-13-22-14-15-23(27-18-20-9-4-2-5-10-20)17-24(22)28-19-21-11-6-3-7-12-21/h2-7,9-12,14-15,17H,8,13,16,18-19H2,1H3. The van der Waals surface area contributed by atoms with Gasteiger partial charge in [-0.15, -0.1) is 0 Å². The van der Waals surface area contributed by atoms with Crippen LogP contribution in [0.15, 0.2) is 78.9 Å². The van der Waals surface area contributed by atoms with Crippen molar-refractivity contribution in [1.29, 1.82) is 0 Å². The minimum Gasteiger partial charge on any atom is -0.489 e. The Hall–Kier alpha value is -2.83. The minimum absolute atomic E-state index is 0.142. The molecule has 0 heterocycles. The van der Waals surface area contributed by atoms with Crippen LogP contribution >= 0.6 is 0 Å². The summed E-state index contributed by atoms with van der Waals surface area (Å²) in [6, 6.07) is 25.7. The summed E-state index contributed by atoms with van der Waals surface area (Å²) in [4.78, 5) is 0. The molecule has 0 unspecified atom stereocenters. The number of rotatable bonds is 11. The minimum atomic E-state index is -3.43. The van der Waals surface area contributed by atoms with Crippen molar-refractivity contribution in [3.8, 4) is 11.5 Å². The van der Waals surface area contributed by atoms with Crippen molar-refractivity contribution in [2.75, 3.05) is 12.9 Å². The maximum atomic E-state index is 11.1. The van der Waals surface area contributed by atoms with E-state index in [0.717, 1.165) is 34.4 Å². The van der Waals surface area contributed by atoms with Crippen LogP contribution in [0, 0.1) is 0 Å². The molecule has 30 heavy (non-hydrogen) atoms. The van der Waals surface area contributed by atoms with Crippen molar-refractivity contribution in [2.24, 2.45) is 0 Å². The van der Waals surface area contributed by atoms with E-state index >= 15 is 0 Å². The molecule has 0 spiro atoms. The van der Waals surface area contributed by atoms with Gasteiger partial charge in [0.15, 0.2) is 0 Å². The summed E-state index contributed by atoms with van der Waals surface area (Å²) < 4.78 is 39.1. The van der Waals surface area contributed by atoms with E-state index in [1.165, 1.54) is 0 Å². The average Bonchev–Trinajstić information content (AvgIpc) is 2.75. The fraction of sp³-hybridized carbons (Fsp3) is 0.250. The molecule has 3 aromatic carbocycles. The van der Waals surface area contributed by atoms with Crippen molar-refractivity contribution in [3.63, 3.8) is 0 Å². The molecule has 0 bridgehead atoms. The molecule has 0 N–H and O–H groups in total. The normalized spacial score (nSPS) is 11.2. The van der Waals surface area contributed by atoms with Gasteiger partial charge in [0.1, 0.15) is 24.7 Å². The summed E-state index contributed by atoms with van der Waals surface area (Å²) in [5.41, 5.74) is 3.14. The predicted molar refractivity (Wildman–Crippen MR) is 117 cm³/mol. The van der Waals surface area contributed by atoms with Crippen LogP contribution in [0.1, 0.15) is 23.1 Å². The van der Waals surface area contributed by atoms with Crippen LogP contribution in [-0.2, 0) is 33.9 Å². The number of hydrogen-bond acceptors (Lipinski definition) is 5. The lowest BCUT2D eigenvalue weighted by molar-refractivity contribution is 0.286. The second-order valence-electron chi connectivity index (χ2n) is 6.95. The Morgan fingerprint density at radius 3 is 1.97 bits per heavy atom. The van der Waals surface area contributed by atoms with Crippen LogP contribution in [-0.4, -0.2) is 21.3 Å². The van der Waals surface area contributed by atoms with Crippen molar-refractivity contribution in [3.05, 3.63) is 95.6 Å². The predicted octanol–water partition coefficient (Wildman–Crippen LogP) is 4.75. The summed E-state index contributed by atoms with van der Waals surface area (Å²) in [5, 5.41) is 0. The highest BCUT2D eigenvalue weighted by atomic mass is 32.2. The Morgan fingerprint density at radius 1 is 0.767 bits per heavy atom. The van der Waals surface area contributed by atoms with Gasteiger partial charge in [-0.1, -0.05) is 66.7 Å². The maximum absolute atomic E-state index is 11.1. The van der Waals surface area contributed by atoms with Crippen LogP contribution in [0.5, 0.6) is 11.5 Å². The fourth-order valence-corrected chi connectivity index (χ4v) is 3.34. The Kier molecular flexibility index (Phi) is 7.88.